The fourth-order valence-electron chi connectivity index (χ4n) is 6.89. The Kier molecular flexibility index (Phi) is 4.93. The Balaban J connectivity index is 1.58. The fourth-order valence-corrected chi connectivity index (χ4v) is 6.89. The van der Waals surface area contributed by atoms with Gasteiger partial charge in [-0.2, -0.15) is 0 Å². The van der Waals surface area contributed by atoms with E-state index in [0.717, 1.165) is 25.7 Å². The summed E-state index contributed by atoms with van der Waals surface area (Å²) < 4.78 is 0. The van der Waals surface area contributed by atoms with Crippen LogP contribution in [0.25, 0.3) is 21.9 Å². The van der Waals surface area contributed by atoms with Gasteiger partial charge in [-0.15, -0.1) is 0 Å². The van der Waals surface area contributed by atoms with Crippen molar-refractivity contribution in [2.45, 2.75) is 51.4 Å². The average Bonchev–Trinajstić information content (AvgIpc) is 2.90. The largest absolute Gasteiger partial charge is 0.0613 e. The number of fused-ring (bicyclic) bond motifs is 2. The molecule has 0 amide bonds. The molecule has 0 radical (unpaired) electrons. The zero-order valence-corrected chi connectivity index (χ0v) is 21.3. The quantitative estimate of drug-likeness (QED) is 0.215. The van der Waals surface area contributed by atoms with Gasteiger partial charge in [0.2, 0.25) is 0 Å². The van der Waals surface area contributed by atoms with Crippen LogP contribution in [-0.2, 0) is 31.1 Å². The second-order valence-electron chi connectivity index (χ2n) is 11.1. The lowest BCUT2D eigenvalue weighted by molar-refractivity contribution is 0.509. The molecule has 0 heterocycles. The lowest BCUT2D eigenvalue weighted by Gasteiger charge is -2.42. The van der Waals surface area contributed by atoms with Crippen LogP contribution in [0.1, 0.15) is 50.9 Å². The molecule has 5 aliphatic rings. The van der Waals surface area contributed by atoms with Gasteiger partial charge in [-0.3, -0.25) is 0 Å². The highest BCUT2D eigenvalue weighted by Crippen LogP contribution is 2.52. The molecular weight excluding hydrogens is 432 g/mol. The molecule has 5 aliphatic carbocycles. The molecule has 0 saturated carbocycles. The SMILES string of the molecule is Cc1ccc2c(c1)C1(Cc3ccc(cc3)CCCc3ccc(cc3)C1)c1cccc3c(C)ccc-2c13. The molecule has 0 aliphatic heterocycles. The van der Waals surface area contributed by atoms with Crippen molar-refractivity contribution in [1.29, 1.82) is 0 Å². The minimum atomic E-state index is -0.130. The van der Waals surface area contributed by atoms with E-state index in [2.05, 4.69) is 111 Å². The fraction of sp³-hybridized carbons (Fsp3) is 0.222. The van der Waals surface area contributed by atoms with Gasteiger partial charge in [0.1, 0.15) is 0 Å². The second kappa shape index (κ2) is 8.20. The second-order valence-corrected chi connectivity index (χ2v) is 11.1. The van der Waals surface area contributed by atoms with Crippen LogP contribution in [0.5, 0.6) is 0 Å². The standard InChI is InChI=1S/C36H32/c1-24-9-19-31-32-20-10-25(2)30-7-4-8-33(35(30)32)36(34(31)21-24)22-28-15-11-26(12-16-28)5-3-6-27-13-17-29(23-36)18-14-27/h4,7-21H,3,5-6,22-23H2,1-2H3. The van der Waals surface area contributed by atoms with Crippen molar-refractivity contribution in [1.82, 2.24) is 0 Å². The van der Waals surface area contributed by atoms with Gasteiger partial charge in [-0.1, -0.05) is 103 Å². The molecule has 0 N–H and O–H groups in total. The van der Waals surface area contributed by atoms with Crippen LogP contribution in [-0.4, -0.2) is 0 Å². The summed E-state index contributed by atoms with van der Waals surface area (Å²) in [6.45, 7) is 4.50. The van der Waals surface area contributed by atoms with Crippen molar-refractivity contribution < 1.29 is 0 Å². The van der Waals surface area contributed by atoms with Gasteiger partial charge in [0.15, 0.2) is 0 Å². The summed E-state index contributed by atoms with van der Waals surface area (Å²) in [5, 5.41) is 2.84. The van der Waals surface area contributed by atoms with Gasteiger partial charge in [0.25, 0.3) is 0 Å². The molecule has 0 atom stereocenters. The zero-order chi connectivity index (χ0) is 24.3. The predicted molar refractivity (Wildman–Crippen MR) is 152 cm³/mol. The number of hydrogen-bond acceptors (Lipinski definition) is 0. The van der Waals surface area contributed by atoms with Crippen molar-refractivity contribution in [3.8, 4) is 11.1 Å². The van der Waals surface area contributed by atoms with E-state index in [4.69, 9.17) is 0 Å². The van der Waals surface area contributed by atoms with Gasteiger partial charge in [0, 0.05) is 5.41 Å². The Morgan fingerprint density at radius 3 is 1.83 bits per heavy atom. The maximum absolute atomic E-state index is 2.48. The van der Waals surface area contributed by atoms with E-state index < -0.39 is 0 Å². The van der Waals surface area contributed by atoms with E-state index in [1.54, 1.807) is 0 Å². The van der Waals surface area contributed by atoms with Gasteiger partial charge >= 0.3 is 0 Å². The molecule has 4 bridgehead atoms. The van der Waals surface area contributed by atoms with Crippen LogP contribution >= 0.6 is 0 Å². The van der Waals surface area contributed by atoms with Crippen molar-refractivity contribution in [3.05, 3.63) is 142 Å². The van der Waals surface area contributed by atoms with Crippen molar-refractivity contribution in [2.75, 3.05) is 0 Å². The van der Waals surface area contributed by atoms with E-state index in [9.17, 15) is 0 Å². The summed E-state index contributed by atoms with van der Waals surface area (Å²) in [4.78, 5) is 0. The van der Waals surface area contributed by atoms with E-state index in [1.807, 2.05) is 0 Å². The summed E-state index contributed by atoms with van der Waals surface area (Å²) >= 11 is 0. The molecule has 0 aromatic heterocycles. The van der Waals surface area contributed by atoms with Crippen molar-refractivity contribution in [2.24, 2.45) is 0 Å². The Bertz CT molecular complexity index is 1550. The van der Waals surface area contributed by atoms with E-state index in [0.29, 0.717) is 0 Å². The average molecular weight is 465 g/mol. The van der Waals surface area contributed by atoms with Crippen LogP contribution in [0.2, 0.25) is 0 Å². The van der Waals surface area contributed by atoms with Gasteiger partial charge in [0.05, 0.1) is 0 Å². The molecule has 176 valence electrons. The monoisotopic (exact) mass is 464 g/mol. The van der Waals surface area contributed by atoms with Crippen LogP contribution < -0.4 is 0 Å². The number of rotatable bonds is 0. The molecule has 0 unspecified atom stereocenters. The highest BCUT2D eigenvalue weighted by molar-refractivity contribution is 6.04. The summed E-state index contributed by atoms with van der Waals surface area (Å²) in [6.07, 6.45) is 5.48. The molecule has 36 heavy (non-hydrogen) atoms. The Hall–Kier alpha value is -3.64. The first-order valence-corrected chi connectivity index (χ1v) is 13.4. The molecule has 5 aromatic rings. The zero-order valence-electron chi connectivity index (χ0n) is 21.3. The van der Waals surface area contributed by atoms with Crippen molar-refractivity contribution >= 4 is 10.8 Å². The Morgan fingerprint density at radius 2 is 1.17 bits per heavy atom. The smallest absolute Gasteiger partial charge is 0.0296 e. The van der Waals surface area contributed by atoms with Crippen molar-refractivity contribution in [3.63, 3.8) is 0 Å². The summed E-state index contributed by atoms with van der Waals surface area (Å²) in [5.74, 6) is 0. The first kappa shape index (κ1) is 21.6. The molecule has 0 nitrogen and oxygen atoms in total. The lowest BCUT2D eigenvalue weighted by Crippen LogP contribution is -2.36. The molecule has 0 heteroatoms. The van der Waals surface area contributed by atoms with Crippen LogP contribution in [0, 0.1) is 13.8 Å². The van der Waals surface area contributed by atoms with E-state index >= 15 is 0 Å². The summed E-state index contributed by atoms with van der Waals surface area (Å²) in [5.41, 5.74) is 14.1. The predicted octanol–water partition coefficient (Wildman–Crippen LogP) is 8.70. The summed E-state index contributed by atoms with van der Waals surface area (Å²) in [6, 6.07) is 37.9. The van der Waals surface area contributed by atoms with Gasteiger partial charge in [-0.05, 0) is 107 Å². The highest BCUT2D eigenvalue weighted by atomic mass is 14.4. The highest BCUT2D eigenvalue weighted by Gasteiger charge is 2.41. The molecule has 0 fully saturated rings. The third kappa shape index (κ3) is 3.35. The topological polar surface area (TPSA) is 0 Å². The minimum absolute atomic E-state index is 0.130. The Labute approximate surface area is 214 Å². The molecule has 10 rings (SSSR count). The normalized spacial score (nSPS) is 15.7. The summed E-state index contributed by atoms with van der Waals surface area (Å²) in [7, 11) is 0. The Morgan fingerprint density at radius 1 is 0.556 bits per heavy atom. The van der Waals surface area contributed by atoms with Gasteiger partial charge in [-0.25, -0.2) is 0 Å². The first-order chi connectivity index (χ1) is 17.6. The van der Waals surface area contributed by atoms with Crippen LogP contribution in [0.3, 0.4) is 0 Å². The third-order valence-electron chi connectivity index (χ3n) is 8.74. The van der Waals surface area contributed by atoms with Crippen LogP contribution in [0.4, 0.5) is 0 Å². The van der Waals surface area contributed by atoms with E-state index in [-0.39, 0.29) is 5.41 Å². The maximum atomic E-state index is 2.48. The molecular formula is C36H32. The molecule has 1 spiro atoms. The first-order valence-electron chi connectivity index (χ1n) is 13.4. The lowest BCUT2D eigenvalue weighted by atomic mass is 9.60. The maximum Gasteiger partial charge on any atom is 0.0296 e. The molecule has 0 saturated heterocycles. The number of aryl methyl sites for hydroxylation is 4. The third-order valence-corrected chi connectivity index (χ3v) is 8.74. The van der Waals surface area contributed by atoms with E-state index in [1.165, 1.54) is 72.8 Å². The van der Waals surface area contributed by atoms with Gasteiger partial charge < -0.3 is 0 Å². The minimum Gasteiger partial charge on any atom is -0.0613 e. The van der Waals surface area contributed by atoms with Crippen LogP contribution in [0.15, 0.2) is 97.1 Å². The number of benzene rings is 5. The molecule has 5 aromatic carbocycles. The number of hydrogen-bond donors (Lipinski definition) is 0.